The van der Waals surface area contributed by atoms with Gasteiger partial charge >= 0.3 is 0 Å². The SMILES string of the molecule is CC(N)=NC[C@@H](C)SCC(C)N. The van der Waals surface area contributed by atoms with Crippen LogP contribution in [0.25, 0.3) is 0 Å². The molecule has 0 aromatic heterocycles. The monoisotopic (exact) mass is 189 g/mol. The Morgan fingerprint density at radius 2 is 2.08 bits per heavy atom. The number of amidine groups is 1. The van der Waals surface area contributed by atoms with Crippen molar-refractivity contribution in [3.05, 3.63) is 0 Å². The fraction of sp³-hybridized carbons (Fsp3) is 0.875. The molecule has 0 rings (SSSR count). The molecule has 2 atom stereocenters. The Hall–Kier alpha value is -0.220. The van der Waals surface area contributed by atoms with E-state index in [1.54, 1.807) is 0 Å². The van der Waals surface area contributed by atoms with Crippen LogP contribution in [0.4, 0.5) is 0 Å². The Bertz CT molecular complexity index is 141. The maximum Gasteiger partial charge on any atom is 0.0906 e. The minimum atomic E-state index is 0.264. The minimum Gasteiger partial charge on any atom is -0.388 e. The van der Waals surface area contributed by atoms with Gasteiger partial charge in [-0.05, 0) is 13.8 Å². The van der Waals surface area contributed by atoms with Crippen LogP contribution in [0.2, 0.25) is 0 Å². The van der Waals surface area contributed by atoms with Crippen molar-refractivity contribution in [2.75, 3.05) is 12.3 Å². The Balaban J connectivity index is 3.46. The summed E-state index contributed by atoms with van der Waals surface area (Å²) in [5.74, 6) is 1.64. The first-order chi connectivity index (χ1) is 5.52. The average molecular weight is 189 g/mol. The zero-order valence-electron chi connectivity index (χ0n) is 8.08. The third-order valence-electron chi connectivity index (χ3n) is 1.24. The lowest BCUT2D eigenvalue weighted by Crippen LogP contribution is -2.20. The lowest BCUT2D eigenvalue weighted by molar-refractivity contribution is 0.840. The third kappa shape index (κ3) is 7.88. The summed E-state index contributed by atoms with van der Waals surface area (Å²) in [5, 5.41) is 0.509. The standard InChI is InChI=1S/C8H19N3S/c1-6(9)5-12-7(2)4-11-8(3)10/h6-7H,4-5,9H2,1-3H3,(H2,10,11)/t6?,7-/m1/s1. The molecule has 72 valence electrons. The van der Waals surface area contributed by atoms with E-state index in [1.165, 1.54) is 0 Å². The zero-order valence-corrected chi connectivity index (χ0v) is 8.90. The summed E-state index contributed by atoms with van der Waals surface area (Å²) in [6, 6.07) is 0.264. The fourth-order valence-corrected chi connectivity index (χ4v) is 1.45. The number of aliphatic imine (C=N–C) groups is 1. The number of hydrogen-bond donors (Lipinski definition) is 2. The topological polar surface area (TPSA) is 64.4 Å². The first-order valence-electron chi connectivity index (χ1n) is 4.16. The van der Waals surface area contributed by atoms with Gasteiger partial charge in [0.2, 0.25) is 0 Å². The molecule has 0 saturated carbocycles. The number of rotatable bonds is 5. The largest absolute Gasteiger partial charge is 0.388 e. The molecule has 0 aliphatic carbocycles. The molecule has 0 aromatic rings. The van der Waals surface area contributed by atoms with E-state index in [2.05, 4.69) is 11.9 Å². The summed E-state index contributed by atoms with van der Waals surface area (Å²) in [6.07, 6.45) is 0. The van der Waals surface area contributed by atoms with E-state index in [0.29, 0.717) is 11.1 Å². The second-order valence-corrected chi connectivity index (χ2v) is 4.57. The van der Waals surface area contributed by atoms with Crippen molar-refractivity contribution in [2.45, 2.75) is 32.1 Å². The number of nitrogens with two attached hydrogens (primary N) is 2. The van der Waals surface area contributed by atoms with Crippen molar-refractivity contribution < 1.29 is 0 Å². The van der Waals surface area contributed by atoms with Crippen LogP contribution < -0.4 is 11.5 Å². The second-order valence-electron chi connectivity index (χ2n) is 3.10. The van der Waals surface area contributed by atoms with Crippen LogP contribution in [0, 0.1) is 0 Å². The predicted molar refractivity (Wildman–Crippen MR) is 57.7 cm³/mol. The lowest BCUT2D eigenvalue weighted by atomic mass is 10.4. The summed E-state index contributed by atoms with van der Waals surface area (Å²) in [5.41, 5.74) is 11.0. The van der Waals surface area contributed by atoms with Gasteiger partial charge in [-0.3, -0.25) is 4.99 Å². The van der Waals surface area contributed by atoms with Crippen molar-refractivity contribution in [3.8, 4) is 0 Å². The maximum absolute atomic E-state index is 5.62. The van der Waals surface area contributed by atoms with Gasteiger partial charge in [0.05, 0.1) is 12.4 Å². The van der Waals surface area contributed by atoms with Crippen LogP contribution in [0.1, 0.15) is 20.8 Å². The molecule has 12 heavy (non-hydrogen) atoms. The minimum absolute atomic E-state index is 0.264. The quantitative estimate of drug-likeness (QED) is 0.497. The average Bonchev–Trinajstić information content (AvgIpc) is 1.96. The van der Waals surface area contributed by atoms with E-state index >= 15 is 0 Å². The van der Waals surface area contributed by atoms with Gasteiger partial charge < -0.3 is 11.5 Å². The lowest BCUT2D eigenvalue weighted by Gasteiger charge is -2.10. The Morgan fingerprint density at radius 1 is 1.50 bits per heavy atom. The molecular formula is C8H19N3S. The molecule has 4 heteroatoms. The first kappa shape index (κ1) is 11.8. The highest BCUT2D eigenvalue weighted by Crippen LogP contribution is 2.10. The van der Waals surface area contributed by atoms with Crippen molar-refractivity contribution in [3.63, 3.8) is 0 Å². The molecule has 0 saturated heterocycles. The number of hydrogen-bond acceptors (Lipinski definition) is 3. The van der Waals surface area contributed by atoms with E-state index < -0.39 is 0 Å². The highest BCUT2D eigenvalue weighted by molar-refractivity contribution is 7.99. The van der Waals surface area contributed by atoms with Crippen molar-refractivity contribution in [1.82, 2.24) is 0 Å². The molecule has 3 nitrogen and oxygen atoms in total. The Morgan fingerprint density at radius 3 is 2.50 bits per heavy atom. The van der Waals surface area contributed by atoms with Crippen LogP contribution in [0.15, 0.2) is 4.99 Å². The van der Waals surface area contributed by atoms with Gasteiger partial charge in [0.25, 0.3) is 0 Å². The summed E-state index contributed by atoms with van der Waals surface area (Å²) in [6.45, 7) is 6.75. The molecule has 0 fully saturated rings. The maximum atomic E-state index is 5.62. The summed E-state index contributed by atoms with van der Waals surface area (Å²) < 4.78 is 0. The molecule has 0 aliphatic heterocycles. The van der Waals surface area contributed by atoms with E-state index in [9.17, 15) is 0 Å². The fourth-order valence-electron chi connectivity index (χ4n) is 0.641. The first-order valence-corrected chi connectivity index (χ1v) is 5.21. The highest BCUT2D eigenvalue weighted by Gasteiger charge is 2.02. The molecule has 1 unspecified atom stereocenters. The molecule has 0 aliphatic rings. The molecule has 0 bridgehead atoms. The molecule has 4 N–H and O–H groups in total. The van der Waals surface area contributed by atoms with Crippen molar-refractivity contribution >= 4 is 17.6 Å². The van der Waals surface area contributed by atoms with E-state index in [0.717, 1.165) is 12.3 Å². The molecule has 0 spiro atoms. The highest BCUT2D eigenvalue weighted by atomic mass is 32.2. The smallest absolute Gasteiger partial charge is 0.0906 e. The van der Waals surface area contributed by atoms with Crippen LogP contribution in [0.5, 0.6) is 0 Å². The molecule has 0 aromatic carbocycles. The van der Waals surface area contributed by atoms with E-state index in [4.69, 9.17) is 11.5 Å². The zero-order chi connectivity index (χ0) is 9.56. The van der Waals surface area contributed by atoms with Crippen molar-refractivity contribution in [2.24, 2.45) is 16.5 Å². The summed E-state index contributed by atoms with van der Waals surface area (Å²) in [4.78, 5) is 4.14. The van der Waals surface area contributed by atoms with Crippen LogP contribution in [-0.4, -0.2) is 29.4 Å². The number of nitrogens with zero attached hydrogens (tertiary/aromatic N) is 1. The Kier molecular flexibility index (Phi) is 6.20. The summed E-state index contributed by atoms with van der Waals surface area (Å²) in [7, 11) is 0. The van der Waals surface area contributed by atoms with Gasteiger partial charge in [-0.15, -0.1) is 0 Å². The van der Waals surface area contributed by atoms with Gasteiger partial charge in [0.15, 0.2) is 0 Å². The predicted octanol–water partition coefficient (Wildman–Crippen LogP) is 0.832. The van der Waals surface area contributed by atoms with Gasteiger partial charge in [-0.25, -0.2) is 0 Å². The van der Waals surface area contributed by atoms with Crippen LogP contribution in [-0.2, 0) is 0 Å². The van der Waals surface area contributed by atoms with Gasteiger partial charge in [-0.2, -0.15) is 11.8 Å². The molecule has 0 radical (unpaired) electrons. The van der Waals surface area contributed by atoms with E-state index in [-0.39, 0.29) is 6.04 Å². The third-order valence-corrected chi connectivity index (χ3v) is 2.68. The van der Waals surface area contributed by atoms with Crippen LogP contribution >= 0.6 is 11.8 Å². The van der Waals surface area contributed by atoms with E-state index in [1.807, 2.05) is 25.6 Å². The van der Waals surface area contributed by atoms with Gasteiger partial charge in [-0.1, -0.05) is 6.92 Å². The molecule has 0 heterocycles. The molecule has 0 amide bonds. The summed E-state index contributed by atoms with van der Waals surface area (Å²) >= 11 is 1.84. The normalized spacial score (nSPS) is 17.5. The number of thioether (sulfide) groups is 1. The van der Waals surface area contributed by atoms with Crippen molar-refractivity contribution in [1.29, 1.82) is 0 Å². The molecular weight excluding hydrogens is 170 g/mol. The Labute approximate surface area is 79.0 Å². The van der Waals surface area contributed by atoms with Crippen LogP contribution in [0.3, 0.4) is 0 Å². The second kappa shape index (κ2) is 6.31. The van der Waals surface area contributed by atoms with Gasteiger partial charge in [0.1, 0.15) is 0 Å². The van der Waals surface area contributed by atoms with Gasteiger partial charge in [0, 0.05) is 17.0 Å².